The van der Waals surface area contributed by atoms with E-state index in [0.29, 0.717) is 43.4 Å². The second kappa shape index (κ2) is 23.1. The van der Waals surface area contributed by atoms with E-state index in [9.17, 15) is 76.6 Å². The van der Waals surface area contributed by atoms with Gasteiger partial charge in [-0.25, -0.2) is 0 Å². The molecular weight excluding hydrogens is 997 g/mol. The van der Waals surface area contributed by atoms with Crippen LogP contribution in [0, 0.1) is 52.3 Å². The fraction of sp³-hybridized carbons (Fsp3) is 1.00. The van der Waals surface area contributed by atoms with Crippen LogP contribution >= 0.6 is 0 Å². The summed E-state index contributed by atoms with van der Waals surface area (Å²) in [6.45, 7) is 6.20. The van der Waals surface area contributed by atoms with Crippen molar-refractivity contribution >= 4 is 0 Å². The van der Waals surface area contributed by atoms with Gasteiger partial charge in [0.25, 0.3) is 0 Å². The molecule has 75 heavy (non-hydrogen) atoms. The van der Waals surface area contributed by atoms with Crippen LogP contribution < -0.4 is 0 Å². The van der Waals surface area contributed by atoms with Crippen LogP contribution in [-0.4, -0.2) is 250 Å². The van der Waals surface area contributed by atoms with Gasteiger partial charge in [-0.3, -0.25) is 0 Å². The molecule has 9 fully saturated rings. The van der Waals surface area contributed by atoms with Gasteiger partial charge in [0.1, 0.15) is 97.7 Å². The van der Waals surface area contributed by atoms with Crippen LogP contribution in [0.3, 0.4) is 0 Å². The fourth-order valence-electron chi connectivity index (χ4n) is 15.6. The molecule has 0 aromatic rings. The van der Waals surface area contributed by atoms with Crippen molar-refractivity contribution in [1.82, 2.24) is 0 Å². The lowest BCUT2D eigenvalue weighted by Gasteiger charge is -2.61. The summed E-state index contributed by atoms with van der Waals surface area (Å²) in [6, 6.07) is 0. The Hall–Kier alpha value is -0.960. The van der Waals surface area contributed by atoms with Crippen LogP contribution in [0.5, 0.6) is 0 Å². The largest absolute Gasteiger partial charge is 0.394 e. The van der Waals surface area contributed by atoms with E-state index in [1.807, 2.05) is 6.92 Å². The van der Waals surface area contributed by atoms with Gasteiger partial charge < -0.3 is 119 Å². The van der Waals surface area contributed by atoms with Crippen molar-refractivity contribution in [2.24, 2.45) is 52.3 Å². The maximum atomic E-state index is 12.1. The summed E-state index contributed by atoms with van der Waals surface area (Å²) in [4.78, 5) is 0. The Morgan fingerprint density at radius 2 is 1.05 bits per heavy atom. The lowest BCUT2D eigenvalue weighted by molar-refractivity contribution is -0.387. The second-order valence-corrected chi connectivity index (χ2v) is 24.3. The fourth-order valence-corrected chi connectivity index (χ4v) is 15.6. The quantitative estimate of drug-likeness (QED) is 0.0656. The van der Waals surface area contributed by atoms with Crippen molar-refractivity contribution in [2.45, 2.75) is 233 Å². The van der Waals surface area contributed by atoms with Crippen LogP contribution in [0.1, 0.15) is 91.9 Å². The molecule has 4 aliphatic carbocycles. The van der Waals surface area contributed by atoms with E-state index in [2.05, 4.69) is 20.8 Å². The summed E-state index contributed by atoms with van der Waals surface area (Å²) >= 11 is 0. The van der Waals surface area contributed by atoms with Gasteiger partial charge >= 0.3 is 0 Å². The summed E-state index contributed by atoms with van der Waals surface area (Å²) in [5.41, 5.74) is -0.0562. The third-order valence-electron chi connectivity index (χ3n) is 20.1. The van der Waals surface area contributed by atoms with Crippen LogP contribution in [0.2, 0.25) is 0 Å². The van der Waals surface area contributed by atoms with E-state index < -0.39 is 161 Å². The molecule has 9 rings (SSSR count). The Morgan fingerprint density at radius 3 is 1.68 bits per heavy atom. The van der Waals surface area contributed by atoms with E-state index in [4.69, 9.17) is 42.6 Å². The molecule has 0 aromatic heterocycles. The van der Waals surface area contributed by atoms with Crippen molar-refractivity contribution < 1.29 is 119 Å². The average molecular weight is 1080 g/mol. The Morgan fingerprint density at radius 1 is 0.533 bits per heavy atom. The van der Waals surface area contributed by atoms with Crippen LogP contribution in [0.4, 0.5) is 0 Å². The number of fused-ring (bicyclic) bond motifs is 7. The van der Waals surface area contributed by atoms with E-state index in [0.717, 1.165) is 38.5 Å². The van der Waals surface area contributed by atoms with Crippen LogP contribution in [-0.2, 0) is 42.6 Å². The lowest BCUT2D eigenvalue weighted by Crippen LogP contribution is -2.66. The Kier molecular flexibility index (Phi) is 18.1. The third-order valence-corrected chi connectivity index (χ3v) is 20.1. The zero-order valence-corrected chi connectivity index (χ0v) is 43.2. The first-order valence-corrected chi connectivity index (χ1v) is 27.4. The summed E-state index contributed by atoms with van der Waals surface area (Å²) in [6.07, 6.45) is -24.1. The molecule has 4 saturated carbocycles. The van der Waals surface area contributed by atoms with Gasteiger partial charge in [-0.15, -0.1) is 0 Å². The van der Waals surface area contributed by atoms with E-state index >= 15 is 0 Å². The van der Waals surface area contributed by atoms with Gasteiger partial charge in [0.2, 0.25) is 0 Å². The van der Waals surface area contributed by atoms with Gasteiger partial charge in [0, 0.05) is 12.3 Å². The van der Waals surface area contributed by atoms with Gasteiger partial charge in [-0.05, 0) is 104 Å². The summed E-state index contributed by atoms with van der Waals surface area (Å²) in [5.74, 6) is 0.198. The maximum Gasteiger partial charge on any atom is 0.187 e. The molecule has 9 aliphatic rings. The van der Waals surface area contributed by atoms with Crippen molar-refractivity contribution in [2.75, 3.05) is 33.0 Å². The highest BCUT2D eigenvalue weighted by Gasteiger charge is 2.68. The number of rotatable bonds is 16. The zero-order valence-electron chi connectivity index (χ0n) is 43.2. The first-order chi connectivity index (χ1) is 35.5. The molecule has 5 heterocycles. The normalized spacial score (nSPS) is 55.4. The summed E-state index contributed by atoms with van der Waals surface area (Å²) < 4.78 is 53.7. The van der Waals surface area contributed by atoms with Crippen LogP contribution in [0.25, 0.3) is 0 Å². The maximum absolute atomic E-state index is 12.1. The number of hydrogen-bond donors (Lipinski definition) is 15. The number of ether oxygens (including phenoxy) is 9. The van der Waals surface area contributed by atoms with Crippen molar-refractivity contribution in [3.63, 3.8) is 0 Å². The molecule has 0 bridgehead atoms. The molecule has 0 amide bonds. The van der Waals surface area contributed by atoms with E-state index in [1.54, 1.807) is 0 Å². The molecular formula is C51H86O24. The Labute approximate surface area is 436 Å². The highest BCUT2D eigenvalue weighted by molar-refractivity contribution is 5.15. The van der Waals surface area contributed by atoms with Gasteiger partial charge in [0.15, 0.2) is 30.9 Å². The van der Waals surface area contributed by atoms with Gasteiger partial charge in [-0.1, -0.05) is 27.7 Å². The highest BCUT2D eigenvalue weighted by Crippen LogP contribution is 2.71. The molecule has 32 atom stereocenters. The molecule has 434 valence electrons. The Balaban J connectivity index is 0.801. The minimum Gasteiger partial charge on any atom is -0.394 e. The molecule has 24 heteroatoms. The first kappa shape index (κ1) is 58.7. The van der Waals surface area contributed by atoms with E-state index in [1.165, 1.54) is 0 Å². The summed E-state index contributed by atoms with van der Waals surface area (Å²) in [7, 11) is 0. The molecule has 5 saturated heterocycles. The van der Waals surface area contributed by atoms with E-state index in [-0.39, 0.29) is 47.2 Å². The zero-order chi connectivity index (χ0) is 54.2. The first-order valence-electron chi connectivity index (χ1n) is 27.4. The average Bonchev–Trinajstić information content (AvgIpc) is 3.83. The number of aliphatic hydroxyl groups excluding tert-OH is 14. The molecule has 0 aromatic carbocycles. The lowest BCUT2D eigenvalue weighted by atomic mass is 9.44. The molecule has 0 radical (unpaired) electrons. The topological polar surface area (TPSA) is 387 Å². The molecule has 5 aliphatic heterocycles. The van der Waals surface area contributed by atoms with Crippen molar-refractivity contribution in [3.05, 3.63) is 0 Å². The minimum absolute atomic E-state index is 0.0147. The van der Waals surface area contributed by atoms with Crippen molar-refractivity contribution in [3.8, 4) is 0 Å². The highest BCUT2D eigenvalue weighted by atomic mass is 16.8. The van der Waals surface area contributed by atoms with Crippen LogP contribution in [0.15, 0.2) is 0 Å². The Bertz CT molecular complexity index is 1870. The monoisotopic (exact) mass is 1080 g/mol. The molecule has 24 nitrogen and oxygen atoms in total. The molecule has 0 spiro atoms. The molecule has 9 unspecified atom stereocenters. The number of hydrogen-bond acceptors (Lipinski definition) is 24. The predicted molar refractivity (Wildman–Crippen MR) is 252 cm³/mol. The smallest absolute Gasteiger partial charge is 0.187 e. The summed E-state index contributed by atoms with van der Waals surface area (Å²) in [5, 5.41) is 159. The molecule has 15 N–H and O–H groups in total. The third kappa shape index (κ3) is 10.7. The van der Waals surface area contributed by atoms with Gasteiger partial charge in [-0.2, -0.15) is 0 Å². The van der Waals surface area contributed by atoms with Crippen molar-refractivity contribution in [1.29, 1.82) is 0 Å². The second-order valence-electron chi connectivity index (χ2n) is 24.3. The minimum atomic E-state index is -1.94. The number of aliphatic hydroxyl groups is 15. The van der Waals surface area contributed by atoms with Gasteiger partial charge in [0.05, 0.1) is 45.2 Å². The standard InChI is InChI=1S/C51H86O24/c1-20(19-67-45-40(63)36(59)33(56)28(15-52)69-45)7-12-51(66)21(2)32-27(75-51)14-26-24-6-5-22-13-23(8-10-49(22,3)25(24)9-11-50(26,32)4)68-48-44(38(61)35(58)30(17-54)71-48)74-47-42(65)39(62)43(31(18-55)72-47)73-46-41(64)37(60)34(57)29(16-53)70-46/h20-48,52-66H,5-19H2,1-4H3/t20-,21+,22?,23?,24?,25?,26?,27?,28-,29-,30-,31-,32?,33-,34-,35-,36+,37+,38+,39-,40-,41-,42-,43-,44-,45-,46+,47-,48-,49?,50?,51-/m1/s1. The predicted octanol–water partition coefficient (Wildman–Crippen LogP) is -3.95. The SMILES string of the molecule is C[C@H](CC[C@@]1(O)OC2CC3C4CCC5CC(O[C@@H]6O[C@H](CO)[C@@H](O)[C@H](O)[C@H]6O[C@H]6O[C@H](CO)[C@@H](O[C@@H]7O[C@H](CO)[C@@H](O)[C@H](O)[C@H]7O)[C@H](O)[C@H]6O)CCC5(C)C4CCC3(C)C2[C@@H]1C)CO[C@@H]1O[C@H](CO)[C@@H](O)[C@H](O)[C@H]1O.